The largest absolute Gasteiger partial charge is 0.494 e. The van der Waals surface area contributed by atoms with Crippen LogP contribution in [0.2, 0.25) is 0 Å². The van der Waals surface area contributed by atoms with Crippen molar-refractivity contribution in [3.63, 3.8) is 0 Å². The SMILES string of the molecule is CCOc1ccc(NC(=O)CSCCOCCN)cc1. The maximum Gasteiger partial charge on any atom is 0.234 e. The fraction of sp³-hybridized carbons (Fsp3) is 0.500. The van der Waals surface area contributed by atoms with Gasteiger partial charge in [-0.1, -0.05) is 0 Å². The molecule has 1 aromatic carbocycles. The first-order chi connectivity index (χ1) is 9.76. The van der Waals surface area contributed by atoms with E-state index in [1.54, 1.807) is 0 Å². The second-order valence-electron chi connectivity index (χ2n) is 3.96. The summed E-state index contributed by atoms with van der Waals surface area (Å²) < 4.78 is 10.6. The van der Waals surface area contributed by atoms with Crippen LogP contribution in [0, 0.1) is 0 Å². The van der Waals surface area contributed by atoms with Gasteiger partial charge in [0.2, 0.25) is 5.91 Å². The maximum absolute atomic E-state index is 11.7. The molecule has 3 N–H and O–H groups in total. The smallest absolute Gasteiger partial charge is 0.234 e. The lowest BCUT2D eigenvalue weighted by atomic mass is 10.3. The van der Waals surface area contributed by atoms with Crippen LogP contribution < -0.4 is 15.8 Å². The first-order valence-corrected chi connectivity index (χ1v) is 7.80. The van der Waals surface area contributed by atoms with Crippen LogP contribution in [0.25, 0.3) is 0 Å². The summed E-state index contributed by atoms with van der Waals surface area (Å²) in [4.78, 5) is 11.7. The molecule has 0 aromatic heterocycles. The van der Waals surface area contributed by atoms with Gasteiger partial charge in [-0.15, -0.1) is 11.8 Å². The summed E-state index contributed by atoms with van der Waals surface area (Å²) >= 11 is 1.54. The van der Waals surface area contributed by atoms with Crippen LogP contribution >= 0.6 is 11.8 Å². The summed E-state index contributed by atoms with van der Waals surface area (Å²) in [5.74, 6) is 1.99. The predicted molar refractivity (Wildman–Crippen MR) is 83.4 cm³/mol. The number of thioether (sulfide) groups is 1. The summed E-state index contributed by atoms with van der Waals surface area (Å²) in [6.07, 6.45) is 0. The lowest BCUT2D eigenvalue weighted by Crippen LogP contribution is -2.15. The predicted octanol–water partition coefficient (Wildman–Crippen LogP) is 1.73. The molecule has 0 saturated heterocycles. The third-order valence-corrected chi connectivity index (χ3v) is 3.24. The minimum Gasteiger partial charge on any atom is -0.494 e. The Bertz CT molecular complexity index is 385. The van der Waals surface area contributed by atoms with Gasteiger partial charge >= 0.3 is 0 Å². The fourth-order valence-electron chi connectivity index (χ4n) is 1.47. The molecule has 1 aromatic rings. The molecule has 112 valence electrons. The van der Waals surface area contributed by atoms with Crippen molar-refractivity contribution in [3.8, 4) is 5.75 Å². The van der Waals surface area contributed by atoms with Crippen molar-refractivity contribution in [1.29, 1.82) is 0 Å². The molecule has 1 amide bonds. The highest BCUT2D eigenvalue weighted by molar-refractivity contribution is 7.99. The summed E-state index contributed by atoms with van der Waals surface area (Å²) in [5, 5.41) is 2.84. The molecule has 0 unspecified atom stereocenters. The second kappa shape index (κ2) is 10.5. The van der Waals surface area contributed by atoms with Crippen LogP contribution in [0.1, 0.15) is 6.92 Å². The highest BCUT2D eigenvalue weighted by atomic mass is 32.2. The van der Waals surface area contributed by atoms with Crippen LogP contribution in [0.15, 0.2) is 24.3 Å². The number of rotatable bonds is 10. The van der Waals surface area contributed by atoms with Crippen molar-refractivity contribution in [1.82, 2.24) is 0 Å². The number of carbonyl (C=O) groups excluding carboxylic acids is 1. The van der Waals surface area contributed by atoms with Crippen LogP contribution in [-0.2, 0) is 9.53 Å². The van der Waals surface area contributed by atoms with E-state index >= 15 is 0 Å². The zero-order valence-electron chi connectivity index (χ0n) is 11.8. The van der Waals surface area contributed by atoms with Crippen molar-refractivity contribution in [3.05, 3.63) is 24.3 Å². The lowest BCUT2D eigenvalue weighted by Gasteiger charge is -2.07. The molecule has 0 heterocycles. The molecule has 0 atom stereocenters. The second-order valence-corrected chi connectivity index (χ2v) is 5.06. The van der Waals surface area contributed by atoms with Gasteiger partial charge in [0.25, 0.3) is 0 Å². The molecule has 0 aliphatic rings. The van der Waals surface area contributed by atoms with E-state index in [9.17, 15) is 4.79 Å². The molecule has 0 radical (unpaired) electrons. The summed E-state index contributed by atoms with van der Waals surface area (Å²) in [7, 11) is 0. The van der Waals surface area contributed by atoms with Gasteiger partial charge in [0, 0.05) is 18.0 Å². The average Bonchev–Trinajstić information content (AvgIpc) is 2.45. The molecular weight excluding hydrogens is 276 g/mol. The highest BCUT2D eigenvalue weighted by Gasteiger charge is 2.02. The van der Waals surface area contributed by atoms with E-state index in [0.29, 0.717) is 32.1 Å². The molecule has 6 heteroatoms. The van der Waals surface area contributed by atoms with E-state index in [1.807, 2.05) is 31.2 Å². The first-order valence-electron chi connectivity index (χ1n) is 6.64. The topological polar surface area (TPSA) is 73.6 Å². The Labute approximate surface area is 124 Å². The third-order valence-electron chi connectivity index (χ3n) is 2.32. The van der Waals surface area contributed by atoms with E-state index in [1.165, 1.54) is 11.8 Å². The number of anilines is 1. The molecule has 0 aliphatic heterocycles. The van der Waals surface area contributed by atoms with Gasteiger partial charge in [0.1, 0.15) is 5.75 Å². The number of hydrogen-bond donors (Lipinski definition) is 2. The Hall–Kier alpha value is -1.24. The molecule has 5 nitrogen and oxygen atoms in total. The van der Waals surface area contributed by atoms with Crippen molar-refractivity contribution < 1.29 is 14.3 Å². The van der Waals surface area contributed by atoms with Gasteiger partial charge in [-0.05, 0) is 31.2 Å². The van der Waals surface area contributed by atoms with Gasteiger partial charge in [0.05, 0.1) is 25.6 Å². The minimum atomic E-state index is -0.0158. The first kappa shape index (κ1) is 16.8. The Morgan fingerprint density at radius 1 is 1.30 bits per heavy atom. The molecule has 20 heavy (non-hydrogen) atoms. The summed E-state index contributed by atoms with van der Waals surface area (Å²) in [6.45, 7) is 4.29. The van der Waals surface area contributed by atoms with E-state index in [2.05, 4.69) is 5.32 Å². The molecule has 0 fully saturated rings. The number of nitrogens with one attached hydrogen (secondary N) is 1. The van der Waals surface area contributed by atoms with E-state index < -0.39 is 0 Å². The van der Waals surface area contributed by atoms with Gasteiger partial charge in [0.15, 0.2) is 0 Å². The zero-order valence-corrected chi connectivity index (χ0v) is 12.6. The monoisotopic (exact) mass is 298 g/mol. The van der Waals surface area contributed by atoms with Crippen molar-refractivity contribution >= 4 is 23.4 Å². The van der Waals surface area contributed by atoms with Gasteiger partial charge in [-0.25, -0.2) is 0 Å². The Kier molecular flexibility index (Phi) is 8.86. The number of nitrogens with two attached hydrogens (primary N) is 1. The number of carbonyl (C=O) groups is 1. The molecule has 0 bridgehead atoms. The molecular formula is C14H22N2O3S. The summed E-state index contributed by atoms with van der Waals surface area (Å²) in [5.41, 5.74) is 6.08. The quantitative estimate of drug-likeness (QED) is 0.644. The minimum absolute atomic E-state index is 0.0158. The maximum atomic E-state index is 11.7. The summed E-state index contributed by atoms with van der Waals surface area (Å²) in [6, 6.07) is 7.34. The van der Waals surface area contributed by atoms with Crippen molar-refractivity contribution in [2.24, 2.45) is 5.73 Å². The average molecular weight is 298 g/mol. The van der Waals surface area contributed by atoms with E-state index in [4.69, 9.17) is 15.2 Å². The standard InChI is InChI=1S/C14H22N2O3S/c1-2-19-13-5-3-12(4-6-13)16-14(17)11-20-10-9-18-8-7-15/h3-6H,2,7-11,15H2,1H3,(H,16,17). The number of benzene rings is 1. The Morgan fingerprint density at radius 3 is 2.70 bits per heavy atom. The number of hydrogen-bond acceptors (Lipinski definition) is 5. The van der Waals surface area contributed by atoms with E-state index in [-0.39, 0.29) is 5.91 Å². The van der Waals surface area contributed by atoms with Crippen LogP contribution in [-0.4, -0.2) is 43.8 Å². The normalized spacial score (nSPS) is 10.3. The highest BCUT2D eigenvalue weighted by Crippen LogP contribution is 2.15. The number of ether oxygens (including phenoxy) is 2. The van der Waals surface area contributed by atoms with E-state index in [0.717, 1.165) is 17.2 Å². The zero-order chi connectivity index (χ0) is 14.6. The lowest BCUT2D eigenvalue weighted by molar-refractivity contribution is -0.113. The van der Waals surface area contributed by atoms with Crippen LogP contribution in [0.3, 0.4) is 0 Å². The molecule has 0 aliphatic carbocycles. The molecule has 0 saturated carbocycles. The number of amides is 1. The fourth-order valence-corrected chi connectivity index (χ4v) is 2.10. The van der Waals surface area contributed by atoms with Crippen molar-refractivity contribution in [2.75, 3.05) is 43.2 Å². The van der Waals surface area contributed by atoms with Gasteiger partial charge in [-0.2, -0.15) is 0 Å². The molecule has 1 rings (SSSR count). The van der Waals surface area contributed by atoms with Gasteiger partial charge in [-0.3, -0.25) is 4.79 Å². The molecule has 0 spiro atoms. The van der Waals surface area contributed by atoms with Crippen LogP contribution in [0.5, 0.6) is 5.75 Å². The van der Waals surface area contributed by atoms with Gasteiger partial charge < -0.3 is 20.5 Å². The van der Waals surface area contributed by atoms with Crippen molar-refractivity contribution in [2.45, 2.75) is 6.92 Å². The van der Waals surface area contributed by atoms with Crippen LogP contribution in [0.4, 0.5) is 5.69 Å². The Morgan fingerprint density at radius 2 is 2.05 bits per heavy atom. The Balaban J connectivity index is 2.18. The third kappa shape index (κ3) is 7.37.